The fourth-order valence-electron chi connectivity index (χ4n) is 2.44. The third-order valence-electron chi connectivity index (χ3n) is 3.39. The minimum Gasteiger partial charge on any atom is -0.370 e. The van der Waals surface area contributed by atoms with E-state index in [-0.39, 0.29) is 6.10 Å². The first-order chi connectivity index (χ1) is 10.4. The van der Waals surface area contributed by atoms with Gasteiger partial charge in [0.05, 0.1) is 25.1 Å². The maximum absolute atomic E-state index is 11.5. The van der Waals surface area contributed by atoms with Crippen molar-refractivity contribution in [3.8, 4) is 0 Å². The number of hydrogen-bond acceptors (Lipinski definition) is 6. The van der Waals surface area contributed by atoms with Crippen LogP contribution in [-0.4, -0.2) is 46.4 Å². The second-order valence-corrected chi connectivity index (χ2v) is 6.99. The fourth-order valence-corrected chi connectivity index (χ4v) is 3.06. The predicted molar refractivity (Wildman–Crippen MR) is 80.7 cm³/mol. The van der Waals surface area contributed by atoms with Crippen LogP contribution in [0.5, 0.6) is 0 Å². The van der Waals surface area contributed by atoms with Crippen molar-refractivity contribution in [2.75, 3.05) is 13.4 Å². The van der Waals surface area contributed by atoms with Gasteiger partial charge in [-0.05, 0) is 12.5 Å². The minimum absolute atomic E-state index is 0.106. The topological polar surface area (TPSA) is 71.1 Å². The lowest BCUT2D eigenvalue weighted by Gasteiger charge is -2.38. The Labute approximate surface area is 131 Å². The number of hydrogen-bond donors (Lipinski definition) is 0. The molecule has 1 heterocycles. The van der Waals surface area contributed by atoms with Gasteiger partial charge in [0.2, 0.25) is 0 Å². The zero-order chi connectivity index (χ0) is 16.2. The summed E-state index contributed by atoms with van der Waals surface area (Å²) in [4.78, 5) is 0. The standard InChI is InChI=1S/C15H22O6S/c1-11-9-13(19-10-12-7-5-4-6-8-12)14(15(18-2)20-11)21-22(3,16)17/h4-8,11,13-15H,9-10H2,1-3H3/t11-,13+,14-,15-/m1/s1. The van der Waals surface area contributed by atoms with Gasteiger partial charge in [-0.25, -0.2) is 0 Å². The summed E-state index contributed by atoms with van der Waals surface area (Å²) in [5, 5.41) is 0. The second-order valence-electron chi connectivity index (χ2n) is 5.39. The third kappa shape index (κ3) is 5.03. The Balaban J connectivity index is 2.09. The highest BCUT2D eigenvalue weighted by Crippen LogP contribution is 2.27. The van der Waals surface area contributed by atoms with Crippen molar-refractivity contribution in [3.05, 3.63) is 35.9 Å². The van der Waals surface area contributed by atoms with Gasteiger partial charge in [0.15, 0.2) is 12.4 Å². The van der Waals surface area contributed by atoms with E-state index in [1.807, 2.05) is 37.3 Å². The van der Waals surface area contributed by atoms with Crippen molar-refractivity contribution < 1.29 is 26.8 Å². The fraction of sp³-hybridized carbons (Fsp3) is 0.600. The van der Waals surface area contributed by atoms with Crippen molar-refractivity contribution in [1.29, 1.82) is 0 Å². The quantitative estimate of drug-likeness (QED) is 0.739. The highest BCUT2D eigenvalue weighted by Gasteiger charge is 2.41. The van der Waals surface area contributed by atoms with E-state index < -0.39 is 28.6 Å². The molecule has 0 saturated carbocycles. The Morgan fingerprint density at radius 3 is 2.55 bits per heavy atom. The van der Waals surface area contributed by atoms with Gasteiger partial charge in [-0.15, -0.1) is 0 Å². The molecule has 0 spiro atoms. The Kier molecular flexibility index (Phi) is 5.94. The van der Waals surface area contributed by atoms with Gasteiger partial charge < -0.3 is 14.2 Å². The van der Waals surface area contributed by atoms with Crippen LogP contribution in [0.2, 0.25) is 0 Å². The van der Waals surface area contributed by atoms with Crippen LogP contribution in [0, 0.1) is 0 Å². The summed E-state index contributed by atoms with van der Waals surface area (Å²) in [5.74, 6) is 0. The Hall–Kier alpha value is -0.990. The lowest BCUT2D eigenvalue weighted by atomic mass is 10.0. The number of ether oxygens (including phenoxy) is 3. The smallest absolute Gasteiger partial charge is 0.264 e. The molecule has 1 aromatic rings. The second kappa shape index (κ2) is 7.52. The minimum atomic E-state index is -3.64. The van der Waals surface area contributed by atoms with Crippen molar-refractivity contribution in [3.63, 3.8) is 0 Å². The molecule has 4 atom stereocenters. The molecule has 0 amide bonds. The van der Waals surface area contributed by atoms with E-state index in [1.165, 1.54) is 7.11 Å². The molecule has 0 bridgehead atoms. The molecule has 2 rings (SSSR count). The number of rotatable bonds is 6. The molecule has 0 N–H and O–H groups in total. The van der Waals surface area contributed by atoms with Crippen LogP contribution in [-0.2, 0) is 35.1 Å². The first-order valence-electron chi connectivity index (χ1n) is 7.11. The van der Waals surface area contributed by atoms with Crippen LogP contribution in [0.25, 0.3) is 0 Å². The Morgan fingerprint density at radius 2 is 1.95 bits per heavy atom. The first kappa shape index (κ1) is 17.4. The summed E-state index contributed by atoms with van der Waals surface area (Å²) in [6, 6.07) is 9.67. The first-order valence-corrected chi connectivity index (χ1v) is 8.92. The molecular formula is C15H22O6S. The van der Waals surface area contributed by atoms with Crippen molar-refractivity contribution >= 4 is 10.1 Å². The molecule has 124 valence electrons. The molecule has 0 unspecified atom stereocenters. The van der Waals surface area contributed by atoms with Crippen molar-refractivity contribution in [2.45, 2.75) is 44.6 Å². The van der Waals surface area contributed by atoms with Gasteiger partial charge in [-0.2, -0.15) is 8.42 Å². The molecule has 1 fully saturated rings. The van der Waals surface area contributed by atoms with Crippen LogP contribution in [0.1, 0.15) is 18.9 Å². The third-order valence-corrected chi connectivity index (χ3v) is 3.96. The lowest BCUT2D eigenvalue weighted by molar-refractivity contribution is -0.255. The number of benzene rings is 1. The monoisotopic (exact) mass is 330 g/mol. The summed E-state index contributed by atoms with van der Waals surface area (Å²) in [5.41, 5.74) is 1.01. The largest absolute Gasteiger partial charge is 0.370 e. The predicted octanol–water partition coefficient (Wildman–Crippen LogP) is 1.70. The summed E-state index contributed by atoms with van der Waals surface area (Å²) < 4.78 is 44.8. The van der Waals surface area contributed by atoms with E-state index in [9.17, 15) is 8.42 Å². The highest BCUT2D eigenvalue weighted by molar-refractivity contribution is 7.86. The highest BCUT2D eigenvalue weighted by atomic mass is 32.2. The Morgan fingerprint density at radius 1 is 1.27 bits per heavy atom. The maximum atomic E-state index is 11.5. The zero-order valence-corrected chi connectivity index (χ0v) is 13.8. The van der Waals surface area contributed by atoms with E-state index in [2.05, 4.69) is 0 Å². The molecule has 0 radical (unpaired) electrons. The molecule has 0 aromatic heterocycles. The molecule has 0 aliphatic carbocycles. The van der Waals surface area contributed by atoms with Gasteiger partial charge >= 0.3 is 0 Å². The molecule has 1 aliphatic rings. The van der Waals surface area contributed by atoms with Crippen LogP contribution in [0.4, 0.5) is 0 Å². The molecule has 1 aromatic carbocycles. The maximum Gasteiger partial charge on any atom is 0.264 e. The van der Waals surface area contributed by atoms with Crippen LogP contribution >= 0.6 is 0 Å². The van der Waals surface area contributed by atoms with E-state index in [1.54, 1.807) is 0 Å². The van der Waals surface area contributed by atoms with Crippen LogP contribution < -0.4 is 0 Å². The average molecular weight is 330 g/mol. The Bertz CT molecular complexity index is 559. The summed E-state index contributed by atoms with van der Waals surface area (Å²) in [7, 11) is -2.19. The molecule has 1 aliphatic heterocycles. The van der Waals surface area contributed by atoms with Gasteiger partial charge in [0.1, 0.15) is 0 Å². The van der Waals surface area contributed by atoms with Crippen LogP contribution in [0.15, 0.2) is 30.3 Å². The van der Waals surface area contributed by atoms with Crippen LogP contribution in [0.3, 0.4) is 0 Å². The van der Waals surface area contributed by atoms with E-state index >= 15 is 0 Å². The molecule has 22 heavy (non-hydrogen) atoms. The van der Waals surface area contributed by atoms with Crippen molar-refractivity contribution in [2.24, 2.45) is 0 Å². The van der Waals surface area contributed by atoms with Gasteiger partial charge in [0, 0.05) is 13.5 Å². The summed E-state index contributed by atoms with van der Waals surface area (Å²) >= 11 is 0. The van der Waals surface area contributed by atoms with E-state index in [0.29, 0.717) is 13.0 Å². The molecular weight excluding hydrogens is 308 g/mol. The van der Waals surface area contributed by atoms with E-state index in [4.69, 9.17) is 18.4 Å². The molecule has 7 heteroatoms. The number of methoxy groups -OCH3 is 1. The molecule has 1 saturated heterocycles. The van der Waals surface area contributed by atoms with Crippen molar-refractivity contribution in [1.82, 2.24) is 0 Å². The average Bonchev–Trinajstić information content (AvgIpc) is 2.46. The van der Waals surface area contributed by atoms with Gasteiger partial charge in [0.25, 0.3) is 10.1 Å². The van der Waals surface area contributed by atoms with Gasteiger partial charge in [-0.3, -0.25) is 4.18 Å². The normalized spacial score (nSPS) is 29.4. The van der Waals surface area contributed by atoms with E-state index in [0.717, 1.165) is 11.8 Å². The SMILES string of the molecule is CO[C@@H]1O[C@H](C)C[C@H](OCc2ccccc2)[C@H]1OS(C)(=O)=O. The lowest BCUT2D eigenvalue weighted by Crippen LogP contribution is -2.51. The van der Waals surface area contributed by atoms with Gasteiger partial charge in [-0.1, -0.05) is 30.3 Å². The summed E-state index contributed by atoms with van der Waals surface area (Å²) in [6.45, 7) is 2.26. The zero-order valence-electron chi connectivity index (χ0n) is 13.0. The molecule has 6 nitrogen and oxygen atoms in total. The summed E-state index contributed by atoms with van der Waals surface area (Å²) in [6.07, 6.45) is -0.591.